The molecule has 2 heterocycles. The SMILES string of the molecule is Cc1nn2c(nc(C)n2C)c1C(C)C. The largest absolute Gasteiger partial charge is 0.253 e. The molecule has 76 valence electrons. The van der Waals surface area contributed by atoms with E-state index in [9.17, 15) is 0 Å². The summed E-state index contributed by atoms with van der Waals surface area (Å²) in [5.41, 5.74) is 3.34. The highest BCUT2D eigenvalue weighted by molar-refractivity contribution is 5.51. The zero-order chi connectivity index (χ0) is 10.5. The van der Waals surface area contributed by atoms with Crippen LogP contribution in [0.3, 0.4) is 0 Å². The molecule has 0 fully saturated rings. The number of aromatic nitrogens is 4. The van der Waals surface area contributed by atoms with Crippen LogP contribution in [0.5, 0.6) is 0 Å². The maximum absolute atomic E-state index is 4.52. The first kappa shape index (κ1) is 9.24. The van der Waals surface area contributed by atoms with Crippen molar-refractivity contribution in [2.24, 2.45) is 7.05 Å². The van der Waals surface area contributed by atoms with Gasteiger partial charge < -0.3 is 0 Å². The fraction of sp³-hybridized carbons (Fsp3) is 0.600. The van der Waals surface area contributed by atoms with Gasteiger partial charge in [0.05, 0.1) is 5.69 Å². The van der Waals surface area contributed by atoms with Crippen molar-refractivity contribution >= 4 is 5.65 Å². The van der Waals surface area contributed by atoms with Crippen molar-refractivity contribution in [3.63, 3.8) is 0 Å². The number of hydrogen-bond acceptors (Lipinski definition) is 2. The molecule has 0 aromatic carbocycles. The first-order valence-corrected chi connectivity index (χ1v) is 4.91. The summed E-state index contributed by atoms with van der Waals surface area (Å²) < 4.78 is 3.84. The summed E-state index contributed by atoms with van der Waals surface area (Å²) in [7, 11) is 1.98. The Kier molecular flexibility index (Phi) is 1.87. The first-order valence-electron chi connectivity index (χ1n) is 4.91. The lowest BCUT2D eigenvalue weighted by atomic mass is 10.0. The summed E-state index contributed by atoms with van der Waals surface area (Å²) in [5, 5.41) is 4.47. The van der Waals surface area contributed by atoms with E-state index >= 15 is 0 Å². The molecular formula is C10H16N4. The van der Waals surface area contributed by atoms with Crippen LogP contribution in [0.25, 0.3) is 5.65 Å². The van der Waals surface area contributed by atoms with Gasteiger partial charge >= 0.3 is 0 Å². The zero-order valence-corrected chi connectivity index (χ0v) is 9.37. The maximum Gasteiger partial charge on any atom is 0.179 e. The first-order chi connectivity index (χ1) is 6.52. The highest BCUT2D eigenvalue weighted by Gasteiger charge is 2.16. The molecule has 2 rings (SSSR count). The van der Waals surface area contributed by atoms with Crippen LogP contribution in [-0.2, 0) is 7.05 Å². The van der Waals surface area contributed by atoms with Gasteiger partial charge in [-0.1, -0.05) is 13.8 Å². The third kappa shape index (κ3) is 1.06. The molecule has 0 atom stereocenters. The summed E-state index contributed by atoms with van der Waals surface area (Å²) in [6, 6.07) is 0. The monoisotopic (exact) mass is 192 g/mol. The van der Waals surface area contributed by atoms with E-state index in [-0.39, 0.29) is 0 Å². The van der Waals surface area contributed by atoms with Crippen molar-refractivity contribution in [2.45, 2.75) is 33.6 Å². The van der Waals surface area contributed by atoms with Gasteiger partial charge in [0, 0.05) is 12.6 Å². The van der Waals surface area contributed by atoms with E-state index in [1.165, 1.54) is 5.56 Å². The second-order valence-corrected chi connectivity index (χ2v) is 4.05. The van der Waals surface area contributed by atoms with E-state index in [0.717, 1.165) is 17.2 Å². The molecule has 0 bridgehead atoms. The van der Waals surface area contributed by atoms with Crippen LogP contribution in [0.2, 0.25) is 0 Å². The van der Waals surface area contributed by atoms with E-state index in [2.05, 4.69) is 23.9 Å². The molecule has 2 aromatic rings. The van der Waals surface area contributed by atoms with Crippen LogP contribution in [0.1, 0.15) is 36.8 Å². The third-order valence-corrected chi connectivity index (χ3v) is 2.66. The van der Waals surface area contributed by atoms with Crippen LogP contribution in [0.4, 0.5) is 0 Å². The van der Waals surface area contributed by atoms with Gasteiger partial charge in [0.2, 0.25) is 0 Å². The van der Waals surface area contributed by atoms with Gasteiger partial charge in [-0.2, -0.15) is 9.73 Å². The summed E-state index contributed by atoms with van der Waals surface area (Å²) in [4.78, 5) is 4.52. The molecule has 0 aliphatic heterocycles. The Morgan fingerprint density at radius 3 is 2.43 bits per heavy atom. The molecule has 4 heteroatoms. The molecule has 4 nitrogen and oxygen atoms in total. The maximum atomic E-state index is 4.52. The standard InChI is InChI=1S/C10H16N4/c1-6(2)9-7(3)12-14-10(9)11-8(4)13(14)5/h6H,1-5H3. The van der Waals surface area contributed by atoms with E-state index in [1.54, 1.807) is 0 Å². The Morgan fingerprint density at radius 1 is 1.21 bits per heavy atom. The minimum Gasteiger partial charge on any atom is -0.253 e. The average molecular weight is 192 g/mol. The molecule has 14 heavy (non-hydrogen) atoms. The van der Waals surface area contributed by atoms with Crippen molar-refractivity contribution in [3.8, 4) is 0 Å². The Hall–Kier alpha value is -1.32. The second-order valence-electron chi connectivity index (χ2n) is 4.05. The molecule has 2 aromatic heterocycles. The highest BCUT2D eigenvalue weighted by atomic mass is 15.5. The number of aryl methyl sites for hydroxylation is 3. The van der Waals surface area contributed by atoms with Crippen LogP contribution in [-0.4, -0.2) is 19.4 Å². The minimum absolute atomic E-state index is 0.474. The van der Waals surface area contributed by atoms with Crippen molar-refractivity contribution in [2.75, 3.05) is 0 Å². The molecule has 0 aliphatic rings. The van der Waals surface area contributed by atoms with Crippen LogP contribution in [0, 0.1) is 13.8 Å². The molecule has 0 spiro atoms. The molecule has 0 unspecified atom stereocenters. The topological polar surface area (TPSA) is 35.1 Å². The summed E-state index contributed by atoms with van der Waals surface area (Å²) in [6.45, 7) is 8.38. The lowest BCUT2D eigenvalue weighted by Crippen LogP contribution is -2.02. The molecule has 0 amide bonds. The van der Waals surface area contributed by atoms with E-state index in [1.807, 2.05) is 30.2 Å². The predicted molar refractivity (Wildman–Crippen MR) is 55.5 cm³/mol. The molecule has 0 saturated heterocycles. The number of nitrogens with zero attached hydrogens (tertiary/aromatic N) is 4. The van der Waals surface area contributed by atoms with Crippen LogP contribution >= 0.6 is 0 Å². The average Bonchev–Trinajstić information content (AvgIpc) is 2.51. The fourth-order valence-corrected chi connectivity index (χ4v) is 1.87. The molecule has 0 N–H and O–H groups in total. The third-order valence-electron chi connectivity index (χ3n) is 2.66. The number of rotatable bonds is 1. The van der Waals surface area contributed by atoms with Gasteiger partial charge in [-0.3, -0.25) is 4.68 Å². The van der Waals surface area contributed by atoms with Gasteiger partial charge in [0.25, 0.3) is 0 Å². The van der Waals surface area contributed by atoms with E-state index < -0.39 is 0 Å². The van der Waals surface area contributed by atoms with Gasteiger partial charge in [0.1, 0.15) is 5.82 Å². The second kappa shape index (κ2) is 2.83. The number of hydrogen-bond donors (Lipinski definition) is 0. The quantitative estimate of drug-likeness (QED) is 0.690. The smallest absolute Gasteiger partial charge is 0.179 e. The predicted octanol–water partition coefficient (Wildman–Crippen LogP) is 1.81. The summed E-state index contributed by atoms with van der Waals surface area (Å²) in [6.07, 6.45) is 0. The fourth-order valence-electron chi connectivity index (χ4n) is 1.87. The Bertz CT molecular complexity index is 476. The van der Waals surface area contributed by atoms with Crippen LogP contribution < -0.4 is 0 Å². The van der Waals surface area contributed by atoms with Crippen molar-refractivity contribution < 1.29 is 0 Å². The van der Waals surface area contributed by atoms with Crippen LogP contribution in [0.15, 0.2) is 0 Å². The number of fused-ring (bicyclic) bond motifs is 1. The van der Waals surface area contributed by atoms with Gasteiger partial charge in [-0.25, -0.2) is 4.98 Å². The summed E-state index contributed by atoms with van der Waals surface area (Å²) in [5.74, 6) is 1.47. The Balaban J connectivity index is 2.82. The lowest BCUT2D eigenvalue weighted by molar-refractivity contribution is 0.612. The summed E-state index contributed by atoms with van der Waals surface area (Å²) >= 11 is 0. The molecule has 0 saturated carbocycles. The lowest BCUT2D eigenvalue weighted by Gasteiger charge is -2.00. The van der Waals surface area contributed by atoms with Crippen molar-refractivity contribution in [3.05, 3.63) is 17.1 Å². The van der Waals surface area contributed by atoms with E-state index in [0.29, 0.717) is 5.92 Å². The molecular weight excluding hydrogens is 176 g/mol. The van der Waals surface area contributed by atoms with Crippen molar-refractivity contribution in [1.29, 1.82) is 0 Å². The van der Waals surface area contributed by atoms with Crippen molar-refractivity contribution in [1.82, 2.24) is 19.4 Å². The normalized spacial score (nSPS) is 11.9. The van der Waals surface area contributed by atoms with E-state index in [4.69, 9.17) is 0 Å². The van der Waals surface area contributed by atoms with Gasteiger partial charge in [0.15, 0.2) is 5.65 Å². The minimum atomic E-state index is 0.474. The highest BCUT2D eigenvalue weighted by Crippen LogP contribution is 2.23. The Morgan fingerprint density at radius 2 is 1.86 bits per heavy atom. The van der Waals surface area contributed by atoms with Gasteiger partial charge in [-0.15, -0.1) is 0 Å². The molecule has 0 aliphatic carbocycles. The Labute approximate surface area is 83.5 Å². The molecule has 0 radical (unpaired) electrons. The van der Waals surface area contributed by atoms with Gasteiger partial charge in [-0.05, 0) is 19.8 Å². The zero-order valence-electron chi connectivity index (χ0n) is 9.37.